The fourth-order valence-electron chi connectivity index (χ4n) is 1.91. The molecule has 0 aliphatic heterocycles. The number of hydrogen-bond donors (Lipinski definition) is 2. The van der Waals surface area contributed by atoms with Crippen LogP contribution in [-0.4, -0.2) is 69.2 Å². The molecule has 0 aromatic carbocycles. The third-order valence-corrected chi connectivity index (χ3v) is 2.67. The van der Waals surface area contributed by atoms with Gasteiger partial charge in [0, 0.05) is 39.4 Å². The van der Waals surface area contributed by atoms with Crippen LogP contribution in [0, 0.1) is 0 Å². The van der Waals surface area contributed by atoms with E-state index in [1.807, 2.05) is 0 Å². The lowest BCUT2D eigenvalue weighted by molar-refractivity contribution is 0.196. The van der Waals surface area contributed by atoms with Crippen LogP contribution in [0.3, 0.4) is 0 Å². The van der Waals surface area contributed by atoms with Crippen molar-refractivity contribution in [1.82, 2.24) is 15.2 Å². The van der Waals surface area contributed by atoms with E-state index in [0.29, 0.717) is 6.04 Å². The van der Waals surface area contributed by atoms with Gasteiger partial charge >= 0.3 is 0 Å². The van der Waals surface area contributed by atoms with Crippen molar-refractivity contribution >= 4 is 5.96 Å². The molecule has 0 saturated heterocycles. The molecule has 0 saturated carbocycles. The first-order chi connectivity index (χ1) is 8.56. The van der Waals surface area contributed by atoms with Crippen molar-refractivity contribution in [3.63, 3.8) is 0 Å². The number of nitrogens with zero attached hydrogens (tertiary/aromatic N) is 3. The number of guanidine groups is 1. The van der Waals surface area contributed by atoms with Crippen molar-refractivity contribution in [1.29, 1.82) is 0 Å². The molecule has 0 aromatic rings. The molecule has 0 bridgehead atoms. The van der Waals surface area contributed by atoms with Crippen molar-refractivity contribution < 1.29 is 4.74 Å². The Balaban J connectivity index is 4.45. The molecule has 0 aromatic heterocycles. The third kappa shape index (κ3) is 6.78. The van der Waals surface area contributed by atoms with Crippen LogP contribution in [0.25, 0.3) is 0 Å². The van der Waals surface area contributed by atoms with E-state index in [2.05, 4.69) is 48.2 Å². The molecule has 1 unspecified atom stereocenters. The minimum Gasteiger partial charge on any atom is -0.385 e. The molecule has 1 atom stereocenters. The smallest absolute Gasteiger partial charge is 0.208 e. The van der Waals surface area contributed by atoms with Crippen LogP contribution < -0.4 is 11.3 Å². The minimum absolute atomic E-state index is 0.363. The van der Waals surface area contributed by atoms with Crippen molar-refractivity contribution in [3.05, 3.63) is 0 Å². The van der Waals surface area contributed by atoms with Crippen LogP contribution >= 0.6 is 0 Å². The maximum absolute atomic E-state index is 5.57. The Labute approximate surface area is 111 Å². The summed E-state index contributed by atoms with van der Waals surface area (Å²) in [6.07, 6.45) is 0.904. The van der Waals surface area contributed by atoms with Gasteiger partial charge in [0.05, 0.1) is 0 Å². The monoisotopic (exact) mass is 259 g/mol. The van der Waals surface area contributed by atoms with Gasteiger partial charge in [-0.1, -0.05) is 0 Å². The third-order valence-electron chi connectivity index (χ3n) is 2.67. The van der Waals surface area contributed by atoms with Crippen LogP contribution in [0.4, 0.5) is 0 Å². The van der Waals surface area contributed by atoms with Crippen LogP contribution in [0.15, 0.2) is 4.99 Å². The topological polar surface area (TPSA) is 66.1 Å². The SMILES string of the molecule is CCN(C(=NCCCOC)NN)C(C)CN(C)C. The van der Waals surface area contributed by atoms with Gasteiger partial charge in [0.1, 0.15) is 0 Å². The van der Waals surface area contributed by atoms with Gasteiger partial charge in [0.25, 0.3) is 0 Å². The molecule has 0 spiro atoms. The van der Waals surface area contributed by atoms with E-state index >= 15 is 0 Å². The molecular weight excluding hydrogens is 230 g/mol. The number of nitrogens with one attached hydrogen (secondary N) is 1. The highest BCUT2D eigenvalue weighted by molar-refractivity contribution is 5.79. The second-order valence-electron chi connectivity index (χ2n) is 4.59. The van der Waals surface area contributed by atoms with Gasteiger partial charge in [-0.15, -0.1) is 0 Å². The fourth-order valence-corrected chi connectivity index (χ4v) is 1.91. The number of ether oxygens (including phenoxy) is 1. The van der Waals surface area contributed by atoms with Gasteiger partial charge in [-0.25, -0.2) is 5.84 Å². The molecular formula is C12H29N5O. The Hall–Kier alpha value is -0.850. The lowest BCUT2D eigenvalue weighted by atomic mass is 10.3. The molecule has 0 fully saturated rings. The zero-order valence-electron chi connectivity index (χ0n) is 12.4. The maximum Gasteiger partial charge on any atom is 0.208 e. The predicted molar refractivity (Wildman–Crippen MR) is 76.5 cm³/mol. The highest BCUT2D eigenvalue weighted by atomic mass is 16.5. The summed E-state index contributed by atoms with van der Waals surface area (Å²) < 4.78 is 5.00. The Kier molecular flexibility index (Phi) is 9.63. The molecule has 18 heavy (non-hydrogen) atoms. The second kappa shape index (κ2) is 10.1. The van der Waals surface area contributed by atoms with Crippen LogP contribution in [0.5, 0.6) is 0 Å². The summed E-state index contributed by atoms with van der Waals surface area (Å²) >= 11 is 0. The minimum atomic E-state index is 0.363. The maximum atomic E-state index is 5.57. The summed E-state index contributed by atoms with van der Waals surface area (Å²) in [4.78, 5) is 8.82. The predicted octanol–water partition coefficient (Wildman–Crippen LogP) is 0.114. The van der Waals surface area contributed by atoms with Gasteiger partial charge in [-0.3, -0.25) is 10.4 Å². The van der Waals surface area contributed by atoms with Gasteiger partial charge in [0.15, 0.2) is 0 Å². The molecule has 0 amide bonds. The van der Waals surface area contributed by atoms with Gasteiger partial charge < -0.3 is 14.5 Å². The van der Waals surface area contributed by atoms with Crippen LogP contribution in [0.2, 0.25) is 0 Å². The lowest BCUT2D eigenvalue weighted by Gasteiger charge is -2.32. The van der Waals surface area contributed by atoms with E-state index in [9.17, 15) is 0 Å². The summed E-state index contributed by atoms with van der Waals surface area (Å²) in [5, 5.41) is 0. The first-order valence-corrected chi connectivity index (χ1v) is 6.48. The second-order valence-corrected chi connectivity index (χ2v) is 4.59. The van der Waals surface area contributed by atoms with E-state index in [1.54, 1.807) is 7.11 Å². The van der Waals surface area contributed by atoms with E-state index in [0.717, 1.165) is 38.6 Å². The first kappa shape index (κ1) is 17.2. The number of hydrogen-bond acceptors (Lipinski definition) is 4. The van der Waals surface area contributed by atoms with Gasteiger partial charge in [-0.05, 0) is 34.4 Å². The number of nitrogens with two attached hydrogens (primary N) is 1. The van der Waals surface area contributed by atoms with Crippen LogP contribution in [0.1, 0.15) is 20.3 Å². The molecule has 6 heteroatoms. The van der Waals surface area contributed by atoms with E-state index in [1.165, 1.54) is 0 Å². The molecule has 3 N–H and O–H groups in total. The summed E-state index contributed by atoms with van der Waals surface area (Å²) in [6.45, 7) is 7.56. The van der Waals surface area contributed by atoms with Crippen LogP contribution in [-0.2, 0) is 4.74 Å². The molecule has 0 rings (SSSR count). The Morgan fingerprint density at radius 3 is 2.56 bits per heavy atom. The number of likely N-dealkylation sites (N-methyl/N-ethyl adjacent to an activating group) is 2. The Morgan fingerprint density at radius 2 is 2.11 bits per heavy atom. The molecule has 6 nitrogen and oxygen atoms in total. The Morgan fingerprint density at radius 1 is 1.44 bits per heavy atom. The van der Waals surface area contributed by atoms with E-state index in [-0.39, 0.29) is 0 Å². The molecule has 0 aliphatic rings. The number of methoxy groups -OCH3 is 1. The van der Waals surface area contributed by atoms with Crippen molar-refractivity contribution in [3.8, 4) is 0 Å². The van der Waals surface area contributed by atoms with Crippen molar-refractivity contribution in [2.75, 3.05) is 47.4 Å². The average molecular weight is 259 g/mol. The largest absolute Gasteiger partial charge is 0.385 e. The Bertz CT molecular complexity index is 233. The summed E-state index contributed by atoms with van der Waals surface area (Å²) in [6, 6.07) is 0.363. The molecule has 0 radical (unpaired) electrons. The van der Waals surface area contributed by atoms with Crippen molar-refractivity contribution in [2.24, 2.45) is 10.8 Å². The standard InChI is InChI=1S/C12H29N5O/c1-6-17(11(2)10-16(3)4)12(15-13)14-8-7-9-18-5/h11H,6-10,13H2,1-5H3,(H,14,15). The molecule has 0 heterocycles. The number of rotatable bonds is 8. The number of hydrazine groups is 1. The molecule has 0 aliphatic carbocycles. The van der Waals surface area contributed by atoms with E-state index in [4.69, 9.17) is 10.6 Å². The average Bonchev–Trinajstić information content (AvgIpc) is 2.32. The zero-order valence-corrected chi connectivity index (χ0v) is 12.4. The summed E-state index contributed by atoms with van der Waals surface area (Å²) in [5.74, 6) is 6.32. The van der Waals surface area contributed by atoms with E-state index < -0.39 is 0 Å². The quantitative estimate of drug-likeness (QED) is 0.213. The lowest BCUT2D eigenvalue weighted by Crippen LogP contribution is -2.51. The first-order valence-electron chi connectivity index (χ1n) is 6.48. The van der Waals surface area contributed by atoms with Gasteiger partial charge in [0.2, 0.25) is 5.96 Å². The van der Waals surface area contributed by atoms with Crippen molar-refractivity contribution in [2.45, 2.75) is 26.3 Å². The zero-order chi connectivity index (χ0) is 14.0. The number of aliphatic imine (C=N–C) groups is 1. The highest BCUT2D eigenvalue weighted by Gasteiger charge is 2.16. The summed E-state index contributed by atoms with van der Waals surface area (Å²) in [5.41, 5.74) is 2.70. The highest BCUT2D eigenvalue weighted by Crippen LogP contribution is 2.01. The fraction of sp³-hybridized carbons (Fsp3) is 0.917. The molecule has 108 valence electrons. The summed E-state index contributed by atoms with van der Waals surface area (Å²) in [7, 11) is 5.83. The normalized spacial score (nSPS) is 13.8. The van der Waals surface area contributed by atoms with Gasteiger partial charge in [-0.2, -0.15) is 0 Å².